The van der Waals surface area contributed by atoms with Gasteiger partial charge in [-0.1, -0.05) is 0 Å². The Kier molecular flexibility index (Phi) is 5.39. The summed E-state index contributed by atoms with van der Waals surface area (Å²) in [4.78, 5) is 32.9. The fraction of sp³-hybridized carbons (Fsp3) is 0.143. The van der Waals surface area contributed by atoms with E-state index in [0.717, 1.165) is 11.8 Å². The maximum atomic E-state index is 12.9. The highest BCUT2D eigenvalue weighted by molar-refractivity contribution is 6.04. The van der Waals surface area contributed by atoms with Gasteiger partial charge < -0.3 is 10.6 Å². The van der Waals surface area contributed by atoms with Crippen molar-refractivity contribution < 1.29 is 18.0 Å². The Bertz CT molecular complexity index is 1320. The summed E-state index contributed by atoms with van der Waals surface area (Å²) in [7, 11) is 1.71. The third-order valence-electron chi connectivity index (χ3n) is 4.62. The molecule has 0 bridgehead atoms. The van der Waals surface area contributed by atoms with Crippen LogP contribution >= 0.6 is 0 Å². The van der Waals surface area contributed by atoms with E-state index in [0.29, 0.717) is 40.0 Å². The van der Waals surface area contributed by atoms with Crippen LogP contribution in [0.25, 0.3) is 22.2 Å². The highest BCUT2D eigenvalue weighted by Gasteiger charge is 2.33. The van der Waals surface area contributed by atoms with Gasteiger partial charge in [-0.3, -0.25) is 14.8 Å². The largest absolute Gasteiger partial charge is 0.433 e. The van der Waals surface area contributed by atoms with Crippen LogP contribution in [0.5, 0.6) is 0 Å². The molecule has 0 saturated heterocycles. The summed E-state index contributed by atoms with van der Waals surface area (Å²) in [5.41, 5.74) is 1.63. The van der Waals surface area contributed by atoms with Crippen LogP contribution in [0.3, 0.4) is 0 Å². The second kappa shape index (κ2) is 8.17. The normalized spacial score (nSPS) is 11.4. The zero-order valence-corrected chi connectivity index (χ0v) is 16.9. The predicted molar refractivity (Wildman–Crippen MR) is 112 cm³/mol. The highest BCUT2D eigenvalue weighted by Crippen LogP contribution is 2.29. The number of carbonyl (C=O) groups excluding carboxylic acids is 1. The van der Waals surface area contributed by atoms with E-state index < -0.39 is 17.8 Å². The van der Waals surface area contributed by atoms with E-state index in [9.17, 15) is 18.0 Å². The molecule has 162 valence electrons. The molecular formula is C21H16F3N7O. The Balaban J connectivity index is 1.63. The predicted octanol–water partition coefficient (Wildman–Crippen LogP) is 4.10. The van der Waals surface area contributed by atoms with Gasteiger partial charge >= 0.3 is 6.18 Å². The molecule has 2 N–H and O–H groups in total. The molecule has 1 amide bonds. The molecule has 32 heavy (non-hydrogen) atoms. The number of fused-ring (bicyclic) bond motifs is 1. The van der Waals surface area contributed by atoms with Gasteiger partial charge in [0.05, 0.1) is 11.9 Å². The number of pyridine rings is 3. The van der Waals surface area contributed by atoms with Crippen LogP contribution in [0.4, 0.5) is 24.8 Å². The summed E-state index contributed by atoms with van der Waals surface area (Å²) in [5.74, 6) is -0.260. The molecule has 0 spiro atoms. The van der Waals surface area contributed by atoms with Crippen molar-refractivity contribution in [2.45, 2.75) is 13.1 Å². The number of hydrogen-bond acceptors (Lipinski definition) is 7. The molecular weight excluding hydrogens is 423 g/mol. The number of nitrogens with zero attached hydrogens (tertiary/aromatic N) is 5. The van der Waals surface area contributed by atoms with Crippen LogP contribution in [0.1, 0.15) is 21.7 Å². The Morgan fingerprint density at radius 2 is 1.81 bits per heavy atom. The van der Waals surface area contributed by atoms with E-state index in [4.69, 9.17) is 0 Å². The number of alkyl halides is 3. The molecule has 0 radical (unpaired) electrons. The van der Waals surface area contributed by atoms with E-state index in [-0.39, 0.29) is 5.56 Å². The Hall–Kier alpha value is -4.15. The van der Waals surface area contributed by atoms with Gasteiger partial charge in [-0.2, -0.15) is 18.2 Å². The van der Waals surface area contributed by atoms with Crippen LogP contribution in [0, 0.1) is 6.92 Å². The van der Waals surface area contributed by atoms with Crippen LogP contribution in [0.15, 0.2) is 49.1 Å². The molecule has 0 aromatic carbocycles. The quantitative estimate of drug-likeness (QED) is 0.493. The first-order chi connectivity index (χ1) is 15.2. The summed E-state index contributed by atoms with van der Waals surface area (Å²) < 4.78 is 38.6. The zero-order valence-electron chi connectivity index (χ0n) is 16.9. The van der Waals surface area contributed by atoms with Crippen LogP contribution in [-0.4, -0.2) is 37.9 Å². The lowest BCUT2D eigenvalue weighted by Gasteiger charge is -2.11. The fourth-order valence-corrected chi connectivity index (χ4v) is 3.01. The summed E-state index contributed by atoms with van der Waals surface area (Å²) in [6.07, 6.45) is 0.997. The monoisotopic (exact) mass is 439 g/mol. The lowest BCUT2D eigenvalue weighted by molar-refractivity contribution is -0.141. The minimum Gasteiger partial charge on any atom is -0.357 e. The molecule has 0 saturated carbocycles. The minimum absolute atomic E-state index is 0.167. The molecule has 4 aromatic rings. The number of amides is 1. The van der Waals surface area contributed by atoms with Crippen molar-refractivity contribution in [1.29, 1.82) is 0 Å². The molecule has 0 atom stereocenters. The smallest absolute Gasteiger partial charge is 0.357 e. The van der Waals surface area contributed by atoms with Crippen LogP contribution in [0.2, 0.25) is 0 Å². The van der Waals surface area contributed by atoms with Crippen LogP contribution in [-0.2, 0) is 6.18 Å². The maximum absolute atomic E-state index is 12.9. The van der Waals surface area contributed by atoms with Crippen molar-refractivity contribution in [3.8, 4) is 11.1 Å². The third kappa shape index (κ3) is 4.31. The first kappa shape index (κ1) is 21.1. The average molecular weight is 439 g/mol. The molecule has 8 nitrogen and oxygen atoms in total. The summed E-state index contributed by atoms with van der Waals surface area (Å²) in [6.45, 7) is 1.80. The number of halogens is 3. The maximum Gasteiger partial charge on any atom is 0.433 e. The number of rotatable bonds is 4. The number of nitrogens with one attached hydrogen (secondary N) is 2. The van der Waals surface area contributed by atoms with Gasteiger partial charge in [-0.05, 0) is 31.2 Å². The third-order valence-corrected chi connectivity index (χ3v) is 4.62. The van der Waals surface area contributed by atoms with E-state index >= 15 is 0 Å². The number of aryl methyl sites for hydroxylation is 1. The number of anilines is 2. The molecule has 0 aliphatic rings. The Morgan fingerprint density at radius 3 is 2.56 bits per heavy atom. The Morgan fingerprint density at radius 1 is 1.00 bits per heavy atom. The topological polar surface area (TPSA) is 106 Å². The standard InChI is InChI=1S/C21H16F3N7O/c1-11-16(13-5-14-9-29-20(25-2)31-18(14)28-8-13)7-15(10-27-11)30-19(32)12-3-4-26-17(6-12)21(22,23)24/h3-10H,1-2H3,(H,30,32)(H,25,28,29,31). The highest BCUT2D eigenvalue weighted by atomic mass is 19.4. The van der Waals surface area contributed by atoms with Crippen molar-refractivity contribution in [1.82, 2.24) is 24.9 Å². The van der Waals surface area contributed by atoms with Gasteiger partial charge in [0.15, 0.2) is 5.65 Å². The van der Waals surface area contributed by atoms with Gasteiger partial charge in [0, 0.05) is 53.4 Å². The molecule has 4 rings (SSSR count). The molecule has 4 aromatic heterocycles. The zero-order chi connectivity index (χ0) is 22.9. The van der Waals surface area contributed by atoms with Gasteiger partial charge in [0.25, 0.3) is 5.91 Å². The second-order valence-corrected chi connectivity index (χ2v) is 6.82. The first-order valence-corrected chi connectivity index (χ1v) is 9.37. The number of carbonyl (C=O) groups is 1. The SMILES string of the molecule is CNc1ncc2cc(-c3cc(NC(=O)c4ccnc(C(F)(F)F)c4)cnc3C)cnc2n1. The molecule has 0 unspecified atom stereocenters. The molecule has 0 aliphatic carbocycles. The molecule has 0 fully saturated rings. The average Bonchev–Trinajstić information content (AvgIpc) is 2.79. The summed E-state index contributed by atoms with van der Waals surface area (Å²) in [6, 6.07) is 5.43. The summed E-state index contributed by atoms with van der Waals surface area (Å²) >= 11 is 0. The van der Waals surface area contributed by atoms with Gasteiger partial charge in [0.1, 0.15) is 5.69 Å². The minimum atomic E-state index is -4.64. The number of aromatic nitrogens is 5. The van der Waals surface area contributed by atoms with Crippen molar-refractivity contribution in [3.63, 3.8) is 0 Å². The van der Waals surface area contributed by atoms with E-state index in [2.05, 4.69) is 35.6 Å². The van der Waals surface area contributed by atoms with Gasteiger partial charge in [-0.25, -0.2) is 9.97 Å². The van der Waals surface area contributed by atoms with Crippen molar-refractivity contribution in [2.75, 3.05) is 17.7 Å². The lowest BCUT2D eigenvalue weighted by Crippen LogP contribution is -2.15. The van der Waals surface area contributed by atoms with E-state index in [1.807, 2.05) is 6.07 Å². The van der Waals surface area contributed by atoms with Crippen molar-refractivity contribution >= 4 is 28.6 Å². The first-order valence-electron chi connectivity index (χ1n) is 9.37. The van der Waals surface area contributed by atoms with Crippen LogP contribution < -0.4 is 10.6 Å². The van der Waals surface area contributed by atoms with Crippen molar-refractivity contribution in [2.24, 2.45) is 0 Å². The second-order valence-electron chi connectivity index (χ2n) is 6.82. The summed E-state index contributed by atoms with van der Waals surface area (Å²) in [5, 5.41) is 6.14. The Labute approximate surface area is 180 Å². The number of hydrogen-bond donors (Lipinski definition) is 2. The molecule has 11 heteroatoms. The fourth-order valence-electron chi connectivity index (χ4n) is 3.01. The van der Waals surface area contributed by atoms with Gasteiger partial charge in [-0.15, -0.1) is 0 Å². The van der Waals surface area contributed by atoms with E-state index in [1.165, 1.54) is 12.3 Å². The lowest BCUT2D eigenvalue weighted by atomic mass is 10.0. The van der Waals surface area contributed by atoms with Crippen molar-refractivity contribution in [3.05, 3.63) is 66.0 Å². The van der Waals surface area contributed by atoms with E-state index in [1.54, 1.807) is 32.4 Å². The molecule has 0 aliphatic heterocycles. The van der Waals surface area contributed by atoms with Gasteiger partial charge in [0.2, 0.25) is 5.95 Å². The molecule has 4 heterocycles.